The molecule has 0 aliphatic carbocycles. The number of hydrogen-bond donors (Lipinski definition) is 1. The van der Waals surface area contributed by atoms with Crippen LogP contribution < -0.4 is 15.2 Å². The molecule has 0 spiro atoms. The van der Waals surface area contributed by atoms with Gasteiger partial charge in [0.05, 0.1) is 12.9 Å². The van der Waals surface area contributed by atoms with E-state index in [1.54, 1.807) is 12.1 Å². The molecule has 0 fully saturated rings. The van der Waals surface area contributed by atoms with Crippen LogP contribution in [0.15, 0.2) is 17.0 Å². The second kappa shape index (κ2) is 5.93. The number of carbonyl (C=O) groups excluding carboxylic acids is 1. The minimum atomic E-state index is -3.54. The van der Waals surface area contributed by atoms with Crippen molar-refractivity contribution in [3.8, 4) is 11.5 Å². The molecule has 2 N–H and O–H groups in total. The molecule has 0 saturated heterocycles. The van der Waals surface area contributed by atoms with Crippen molar-refractivity contribution in [2.45, 2.75) is 38.0 Å². The molecule has 0 aliphatic heterocycles. The lowest BCUT2D eigenvalue weighted by Crippen LogP contribution is -2.19. The summed E-state index contributed by atoms with van der Waals surface area (Å²) in [5, 5.41) is 0. The number of nitrogens with two attached hydrogens (primary N) is 1. The Hall–Kier alpha value is -1.76. The number of primary amides is 1. The maximum absolute atomic E-state index is 12.2. The Balaban J connectivity index is 3.72. The zero-order valence-electron chi connectivity index (χ0n) is 12.9. The van der Waals surface area contributed by atoms with Crippen molar-refractivity contribution in [1.82, 2.24) is 0 Å². The molecule has 0 heterocycles. The highest BCUT2D eigenvalue weighted by atomic mass is 32.2. The van der Waals surface area contributed by atoms with Gasteiger partial charge in [0.2, 0.25) is 0 Å². The van der Waals surface area contributed by atoms with Crippen molar-refractivity contribution >= 4 is 15.9 Å². The molecule has 0 aromatic heterocycles. The summed E-state index contributed by atoms with van der Waals surface area (Å²) in [5.41, 5.74) is 5.40. The number of sulfone groups is 1. The lowest BCUT2D eigenvalue weighted by Gasteiger charge is -2.22. The fourth-order valence-electron chi connectivity index (χ4n) is 1.78. The molecule has 7 heteroatoms. The summed E-state index contributed by atoms with van der Waals surface area (Å²) >= 11 is 0. The van der Waals surface area contributed by atoms with Crippen molar-refractivity contribution < 1.29 is 22.7 Å². The molecule has 0 radical (unpaired) electrons. The average molecular weight is 315 g/mol. The van der Waals surface area contributed by atoms with E-state index < -0.39 is 15.9 Å². The highest BCUT2D eigenvalue weighted by Gasteiger charge is 2.27. The van der Waals surface area contributed by atoms with Crippen LogP contribution in [0.3, 0.4) is 0 Å². The normalized spacial score (nSPS) is 12.0. The number of benzene rings is 1. The molecule has 0 unspecified atom stereocenters. The number of amides is 1. The van der Waals surface area contributed by atoms with E-state index in [4.69, 9.17) is 15.2 Å². The summed E-state index contributed by atoms with van der Waals surface area (Å²) in [4.78, 5) is 11.0. The Kier molecular flexibility index (Phi) is 4.88. The average Bonchev–Trinajstić information content (AvgIpc) is 2.36. The van der Waals surface area contributed by atoms with Crippen LogP contribution in [0, 0.1) is 0 Å². The van der Waals surface area contributed by atoms with Gasteiger partial charge in [-0.15, -0.1) is 0 Å². The Morgan fingerprint density at radius 2 is 1.86 bits per heavy atom. The molecular formula is C14H21NO5S. The molecule has 6 nitrogen and oxygen atoms in total. The Bertz CT molecular complexity index is 644. The zero-order chi connectivity index (χ0) is 16.4. The third kappa shape index (κ3) is 3.87. The molecule has 1 amide bonds. The van der Waals surface area contributed by atoms with Crippen LogP contribution in [-0.2, 0) is 15.3 Å². The van der Waals surface area contributed by atoms with Gasteiger partial charge in [-0.3, -0.25) is 0 Å². The molecule has 0 aliphatic rings. The van der Waals surface area contributed by atoms with Crippen LogP contribution in [-0.4, -0.2) is 27.4 Å². The minimum Gasteiger partial charge on any atom is -0.492 e. The highest BCUT2D eigenvalue weighted by molar-refractivity contribution is 7.91. The highest BCUT2D eigenvalue weighted by Crippen LogP contribution is 2.39. The number of carbonyl (C=O) groups is 1. The monoisotopic (exact) mass is 315 g/mol. The van der Waals surface area contributed by atoms with Gasteiger partial charge >= 0.3 is 6.09 Å². The standard InChI is InChI=1S/C14H21NO5S/c1-6-21(17,18)11-8-9(14(2,3)4)7-10(12(11)19-5)20-13(15)16/h7-8H,6H2,1-5H3,(H2,15,16). The predicted molar refractivity (Wildman–Crippen MR) is 79.6 cm³/mol. The van der Waals surface area contributed by atoms with E-state index in [1.165, 1.54) is 14.0 Å². The summed E-state index contributed by atoms with van der Waals surface area (Å²) in [6.45, 7) is 7.30. The second-order valence-corrected chi connectivity index (χ2v) is 7.83. The van der Waals surface area contributed by atoms with Crippen LogP contribution >= 0.6 is 0 Å². The fraction of sp³-hybridized carbons (Fsp3) is 0.500. The summed E-state index contributed by atoms with van der Waals surface area (Å²) in [6, 6.07) is 3.11. The topological polar surface area (TPSA) is 95.7 Å². The van der Waals surface area contributed by atoms with Crippen molar-refractivity contribution in [3.05, 3.63) is 17.7 Å². The van der Waals surface area contributed by atoms with Crippen LogP contribution in [0.5, 0.6) is 11.5 Å². The van der Waals surface area contributed by atoms with Crippen LogP contribution in [0.4, 0.5) is 4.79 Å². The predicted octanol–water partition coefficient (Wildman–Crippen LogP) is 2.24. The summed E-state index contributed by atoms with van der Waals surface area (Å²) in [7, 11) is -2.23. The van der Waals surface area contributed by atoms with Crippen molar-refractivity contribution in [3.63, 3.8) is 0 Å². The summed E-state index contributed by atoms with van der Waals surface area (Å²) in [6.07, 6.45) is -1.03. The van der Waals surface area contributed by atoms with Crippen molar-refractivity contribution in [2.75, 3.05) is 12.9 Å². The van der Waals surface area contributed by atoms with Gasteiger partial charge in [0.15, 0.2) is 21.3 Å². The van der Waals surface area contributed by atoms with E-state index in [-0.39, 0.29) is 27.6 Å². The van der Waals surface area contributed by atoms with Gasteiger partial charge in [-0.25, -0.2) is 13.2 Å². The smallest absolute Gasteiger partial charge is 0.410 e. The van der Waals surface area contributed by atoms with E-state index in [2.05, 4.69) is 0 Å². The lowest BCUT2D eigenvalue weighted by molar-refractivity contribution is 0.208. The molecule has 1 rings (SSSR count). The first-order chi connectivity index (χ1) is 9.52. The molecule has 1 aromatic carbocycles. The summed E-state index contributed by atoms with van der Waals surface area (Å²) in [5.74, 6) is -0.0967. The molecule has 21 heavy (non-hydrogen) atoms. The Morgan fingerprint density at radius 1 is 1.29 bits per heavy atom. The number of rotatable bonds is 4. The molecule has 0 saturated carbocycles. The molecule has 0 bridgehead atoms. The minimum absolute atomic E-state index is 0.00354. The molecule has 1 aromatic rings. The van der Waals surface area contributed by atoms with Gasteiger partial charge in [-0.2, -0.15) is 0 Å². The zero-order valence-corrected chi connectivity index (χ0v) is 13.7. The number of ether oxygens (including phenoxy) is 2. The largest absolute Gasteiger partial charge is 0.492 e. The first-order valence-electron chi connectivity index (χ1n) is 6.45. The number of methoxy groups -OCH3 is 1. The van der Waals surface area contributed by atoms with Crippen LogP contribution in [0.1, 0.15) is 33.3 Å². The molecular weight excluding hydrogens is 294 g/mol. The quantitative estimate of drug-likeness (QED) is 0.919. The van der Waals surface area contributed by atoms with E-state index >= 15 is 0 Å². The van der Waals surface area contributed by atoms with E-state index in [9.17, 15) is 13.2 Å². The van der Waals surface area contributed by atoms with Gasteiger partial charge in [0, 0.05) is 0 Å². The van der Waals surface area contributed by atoms with Crippen molar-refractivity contribution in [1.29, 1.82) is 0 Å². The number of hydrogen-bond acceptors (Lipinski definition) is 5. The fourth-order valence-corrected chi connectivity index (χ4v) is 2.87. The lowest BCUT2D eigenvalue weighted by atomic mass is 9.87. The molecule has 118 valence electrons. The second-order valence-electron chi connectivity index (χ2n) is 5.58. The van der Waals surface area contributed by atoms with Crippen LogP contribution in [0.25, 0.3) is 0 Å². The van der Waals surface area contributed by atoms with E-state index in [0.717, 1.165) is 0 Å². The first kappa shape index (κ1) is 17.3. The molecule has 0 atom stereocenters. The van der Waals surface area contributed by atoms with Gasteiger partial charge in [0.25, 0.3) is 0 Å². The van der Waals surface area contributed by atoms with Crippen LogP contribution in [0.2, 0.25) is 0 Å². The maximum atomic E-state index is 12.2. The van der Waals surface area contributed by atoms with E-state index in [0.29, 0.717) is 5.56 Å². The Labute approximate surface area is 125 Å². The third-order valence-corrected chi connectivity index (χ3v) is 4.75. The third-order valence-electron chi connectivity index (χ3n) is 3.02. The van der Waals surface area contributed by atoms with Gasteiger partial charge in [-0.05, 0) is 23.1 Å². The SMILES string of the molecule is CCS(=O)(=O)c1cc(C(C)(C)C)cc(OC(N)=O)c1OC. The first-order valence-corrected chi connectivity index (χ1v) is 8.10. The van der Waals surface area contributed by atoms with Gasteiger partial charge in [0.1, 0.15) is 4.90 Å². The van der Waals surface area contributed by atoms with E-state index in [1.807, 2.05) is 20.8 Å². The maximum Gasteiger partial charge on any atom is 0.410 e. The summed E-state index contributed by atoms with van der Waals surface area (Å²) < 4.78 is 34.5. The Morgan fingerprint density at radius 3 is 2.24 bits per heavy atom. The van der Waals surface area contributed by atoms with Crippen molar-refractivity contribution in [2.24, 2.45) is 5.73 Å². The van der Waals surface area contributed by atoms with Gasteiger partial charge in [-0.1, -0.05) is 27.7 Å². The van der Waals surface area contributed by atoms with Gasteiger partial charge < -0.3 is 15.2 Å².